The van der Waals surface area contributed by atoms with Crippen molar-refractivity contribution in [1.82, 2.24) is 4.90 Å². The van der Waals surface area contributed by atoms with E-state index in [4.69, 9.17) is 4.74 Å². The summed E-state index contributed by atoms with van der Waals surface area (Å²) in [7, 11) is 0. The lowest BCUT2D eigenvalue weighted by atomic mass is 9.89. The van der Waals surface area contributed by atoms with Gasteiger partial charge >= 0.3 is 0 Å². The molecule has 0 bridgehead atoms. The first-order valence-electron chi connectivity index (χ1n) is 7.41. The first-order chi connectivity index (χ1) is 9.74. The third-order valence-electron chi connectivity index (χ3n) is 4.25. The largest absolute Gasteiger partial charge is 0.493 e. The highest BCUT2D eigenvalue weighted by molar-refractivity contribution is 5.77. The molecular formula is C16H21NO3. The molecule has 2 unspecified atom stereocenters. The summed E-state index contributed by atoms with van der Waals surface area (Å²) in [6, 6.07) is 7.98. The minimum absolute atomic E-state index is 0.158. The number of para-hydroxylation sites is 1. The van der Waals surface area contributed by atoms with Crippen LogP contribution >= 0.6 is 0 Å². The summed E-state index contributed by atoms with van der Waals surface area (Å²) in [5.74, 6) is 1.31. The second-order valence-electron chi connectivity index (χ2n) is 5.71. The fourth-order valence-electron chi connectivity index (χ4n) is 3.15. The van der Waals surface area contributed by atoms with Gasteiger partial charge in [-0.3, -0.25) is 4.79 Å². The second kappa shape index (κ2) is 5.83. The highest BCUT2D eigenvalue weighted by Crippen LogP contribution is 2.35. The van der Waals surface area contributed by atoms with Crippen molar-refractivity contribution in [3.8, 4) is 5.75 Å². The highest BCUT2D eigenvalue weighted by atomic mass is 16.5. The summed E-state index contributed by atoms with van der Waals surface area (Å²) in [4.78, 5) is 14.2. The fourth-order valence-corrected chi connectivity index (χ4v) is 3.15. The molecule has 0 spiro atoms. The third kappa shape index (κ3) is 2.80. The van der Waals surface area contributed by atoms with Gasteiger partial charge in [0.05, 0.1) is 12.7 Å². The zero-order valence-electron chi connectivity index (χ0n) is 11.6. The predicted octanol–water partition coefficient (Wildman–Crippen LogP) is 1.93. The van der Waals surface area contributed by atoms with Crippen molar-refractivity contribution in [3.63, 3.8) is 0 Å². The van der Waals surface area contributed by atoms with E-state index in [2.05, 4.69) is 6.07 Å². The Bertz CT molecular complexity index is 488. The Morgan fingerprint density at radius 1 is 1.35 bits per heavy atom. The maximum absolute atomic E-state index is 12.4. The zero-order chi connectivity index (χ0) is 13.9. The van der Waals surface area contributed by atoms with Crippen LogP contribution < -0.4 is 4.74 Å². The molecule has 1 aromatic carbocycles. The van der Waals surface area contributed by atoms with Gasteiger partial charge in [-0.05, 0) is 36.8 Å². The summed E-state index contributed by atoms with van der Waals surface area (Å²) in [6.07, 6.45) is 2.77. The van der Waals surface area contributed by atoms with Gasteiger partial charge in [-0.1, -0.05) is 18.2 Å². The van der Waals surface area contributed by atoms with Gasteiger partial charge in [0.25, 0.3) is 0 Å². The molecule has 108 valence electrons. The number of fused-ring (bicyclic) bond motifs is 1. The Labute approximate surface area is 119 Å². The Hall–Kier alpha value is -1.55. The van der Waals surface area contributed by atoms with Crippen LogP contribution in [0.25, 0.3) is 0 Å². The molecule has 1 N–H and O–H groups in total. The monoisotopic (exact) mass is 275 g/mol. The van der Waals surface area contributed by atoms with Crippen LogP contribution in [0, 0.1) is 0 Å². The molecule has 0 radical (unpaired) electrons. The number of rotatable bonds is 2. The van der Waals surface area contributed by atoms with Crippen LogP contribution in [0.1, 0.15) is 37.2 Å². The molecule has 2 aliphatic rings. The number of likely N-dealkylation sites (tertiary alicyclic amines) is 1. The van der Waals surface area contributed by atoms with Crippen LogP contribution in [0.3, 0.4) is 0 Å². The first-order valence-corrected chi connectivity index (χ1v) is 7.41. The van der Waals surface area contributed by atoms with Crippen LogP contribution in [-0.2, 0) is 4.79 Å². The van der Waals surface area contributed by atoms with Gasteiger partial charge in [-0.15, -0.1) is 0 Å². The van der Waals surface area contributed by atoms with Crippen LogP contribution in [0.4, 0.5) is 0 Å². The molecule has 1 fully saturated rings. The number of hydrogen-bond acceptors (Lipinski definition) is 3. The van der Waals surface area contributed by atoms with Crippen LogP contribution in [0.15, 0.2) is 24.3 Å². The number of hydrogen-bond donors (Lipinski definition) is 1. The molecule has 20 heavy (non-hydrogen) atoms. The van der Waals surface area contributed by atoms with Crippen molar-refractivity contribution in [2.24, 2.45) is 0 Å². The molecule has 4 nitrogen and oxygen atoms in total. The van der Waals surface area contributed by atoms with E-state index in [0.29, 0.717) is 19.6 Å². The number of carbonyl (C=O) groups is 1. The number of benzene rings is 1. The van der Waals surface area contributed by atoms with Crippen LogP contribution in [0.5, 0.6) is 5.75 Å². The third-order valence-corrected chi connectivity index (χ3v) is 4.25. The average Bonchev–Trinajstić information content (AvgIpc) is 2.47. The van der Waals surface area contributed by atoms with Gasteiger partial charge in [0.15, 0.2) is 0 Å². The predicted molar refractivity (Wildman–Crippen MR) is 75.7 cm³/mol. The molecule has 0 aliphatic carbocycles. The van der Waals surface area contributed by atoms with Crippen molar-refractivity contribution in [1.29, 1.82) is 0 Å². The molecule has 1 aromatic rings. The maximum Gasteiger partial charge on any atom is 0.223 e. The minimum atomic E-state index is -0.352. The Morgan fingerprint density at radius 2 is 2.20 bits per heavy atom. The first kappa shape index (κ1) is 13.4. The number of piperidine rings is 1. The van der Waals surface area contributed by atoms with E-state index in [-0.39, 0.29) is 17.9 Å². The molecule has 1 saturated heterocycles. The molecule has 4 heteroatoms. The van der Waals surface area contributed by atoms with Crippen molar-refractivity contribution in [2.75, 3.05) is 19.7 Å². The highest BCUT2D eigenvalue weighted by Gasteiger charge is 2.27. The number of aliphatic hydroxyl groups excluding tert-OH is 1. The number of ether oxygens (including phenoxy) is 1. The number of aliphatic hydroxyl groups is 1. The van der Waals surface area contributed by atoms with Gasteiger partial charge in [0.2, 0.25) is 5.91 Å². The smallest absolute Gasteiger partial charge is 0.223 e. The number of β-amino-alcohol motifs (C(OH)–C–C–N with tert-alkyl or cyclic N) is 1. The lowest BCUT2D eigenvalue weighted by Crippen LogP contribution is -2.42. The summed E-state index contributed by atoms with van der Waals surface area (Å²) >= 11 is 0. The van der Waals surface area contributed by atoms with Gasteiger partial charge in [0, 0.05) is 19.5 Å². The molecule has 2 atom stereocenters. The average molecular weight is 275 g/mol. The molecule has 0 saturated carbocycles. The quantitative estimate of drug-likeness (QED) is 0.897. The van der Waals surface area contributed by atoms with E-state index in [1.807, 2.05) is 23.1 Å². The Kier molecular flexibility index (Phi) is 3.92. The summed E-state index contributed by atoms with van der Waals surface area (Å²) in [5, 5.41) is 9.68. The lowest BCUT2D eigenvalue weighted by molar-refractivity contribution is -0.134. The van der Waals surface area contributed by atoms with E-state index in [9.17, 15) is 9.90 Å². The summed E-state index contributed by atoms with van der Waals surface area (Å²) < 4.78 is 5.63. The molecular weight excluding hydrogens is 254 g/mol. The van der Waals surface area contributed by atoms with Crippen LogP contribution in [-0.4, -0.2) is 41.7 Å². The van der Waals surface area contributed by atoms with E-state index in [1.165, 1.54) is 0 Å². The topological polar surface area (TPSA) is 49.8 Å². The standard InChI is InChI=1S/C16H21NO3/c18-13-4-3-8-17(11-13)16(19)10-12-7-9-20-15-6-2-1-5-14(12)15/h1-2,5-6,12-13,18H,3-4,7-11H2. The van der Waals surface area contributed by atoms with E-state index < -0.39 is 0 Å². The molecule has 2 heterocycles. The Morgan fingerprint density at radius 3 is 3.05 bits per heavy atom. The SMILES string of the molecule is O=C(CC1CCOc2ccccc21)N1CCCC(O)C1. The van der Waals surface area contributed by atoms with Gasteiger partial charge in [-0.2, -0.15) is 0 Å². The summed E-state index contributed by atoms with van der Waals surface area (Å²) in [6.45, 7) is 1.95. The maximum atomic E-state index is 12.4. The molecule has 0 aromatic heterocycles. The van der Waals surface area contributed by atoms with Gasteiger partial charge in [-0.25, -0.2) is 0 Å². The molecule has 1 amide bonds. The number of nitrogens with zero attached hydrogens (tertiary/aromatic N) is 1. The number of carbonyl (C=O) groups excluding carboxylic acids is 1. The van der Waals surface area contributed by atoms with Crippen molar-refractivity contribution < 1.29 is 14.6 Å². The fraction of sp³-hybridized carbons (Fsp3) is 0.562. The normalized spacial score (nSPS) is 25.8. The number of amides is 1. The Balaban J connectivity index is 1.68. The van der Waals surface area contributed by atoms with Crippen molar-refractivity contribution in [3.05, 3.63) is 29.8 Å². The van der Waals surface area contributed by atoms with E-state index >= 15 is 0 Å². The van der Waals surface area contributed by atoms with Gasteiger partial charge in [0.1, 0.15) is 5.75 Å². The van der Waals surface area contributed by atoms with Crippen molar-refractivity contribution >= 4 is 5.91 Å². The van der Waals surface area contributed by atoms with E-state index in [1.54, 1.807) is 0 Å². The zero-order valence-corrected chi connectivity index (χ0v) is 11.6. The van der Waals surface area contributed by atoms with Gasteiger partial charge < -0.3 is 14.7 Å². The molecule has 3 rings (SSSR count). The van der Waals surface area contributed by atoms with Crippen molar-refractivity contribution in [2.45, 2.75) is 37.7 Å². The molecule has 2 aliphatic heterocycles. The lowest BCUT2D eigenvalue weighted by Gasteiger charge is -2.32. The van der Waals surface area contributed by atoms with Crippen LogP contribution in [0.2, 0.25) is 0 Å². The minimum Gasteiger partial charge on any atom is -0.493 e. The van der Waals surface area contributed by atoms with E-state index in [0.717, 1.165) is 37.1 Å². The summed E-state index contributed by atoms with van der Waals surface area (Å²) in [5.41, 5.74) is 1.14. The second-order valence-corrected chi connectivity index (χ2v) is 5.71.